The van der Waals surface area contributed by atoms with Crippen molar-refractivity contribution < 1.29 is 13.7 Å². The zero-order chi connectivity index (χ0) is 17.5. The highest BCUT2D eigenvalue weighted by Crippen LogP contribution is 2.36. The monoisotopic (exact) mass is 334 g/mol. The predicted octanol–water partition coefficient (Wildman–Crippen LogP) is 2.27. The highest BCUT2D eigenvalue weighted by atomic mass is 19.1. The average molecular weight is 334 g/mol. The van der Waals surface area contributed by atoms with Crippen LogP contribution in [0.3, 0.4) is 0 Å². The van der Waals surface area contributed by atoms with Gasteiger partial charge in [-0.25, -0.2) is 4.39 Å². The number of nitrogens with zero attached hydrogens (tertiary/aromatic N) is 2. The van der Waals surface area contributed by atoms with Gasteiger partial charge in [-0.3, -0.25) is 0 Å². The first-order valence-electron chi connectivity index (χ1n) is 8.86. The lowest BCUT2D eigenvalue weighted by atomic mass is 9.79. The smallest absolute Gasteiger partial charge is 0.399 e. The molecule has 4 nitrogen and oxygen atoms in total. The third-order valence-corrected chi connectivity index (χ3v) is 5.66. The van der Waals surface area contributed by atoms with E-state index in [9.17, 15) is 4.39 Å². The lowest BCUT2D eigenvalue weighted by Crippen LogP contribution is -2.46. The van der Waals surface area contributed by atoms with E-state index in [2.05, 4.69) is 16.7 Å². The summed E-state index contributed by atoms with van der Waals surface area (Å²) in [5, 5.41) is 0. The van der Waals surface area contributed by atoms with Crippen LogP contribution >= 0.6 is 0 Å². The van der Waals surface area contributed by atoms with Crippen molar-refractivity contribution in [2.45, 2.75) is 45.8 Å². The Morgan fingerprint density at radius 3 is 2.12 bits per heavy atom. The van der Waals surface area contributed by atoms with Gasteiger partial charge in [0, 0.05) is 26.2 Å². The van der Waals surface area contributed by atoms with Gasteiger partial charge < -0.3 is 19.1 Å². The van der Waals surface area contributed by atoms with E-state index in [4.69, 9.17) is 9.31 Å². The molecule has 0 amide bonds. The largest absolute Gasteiger partial charge is 0.494 e. The standard InChI is InChI=1S/C18H28BFN2O2/c1-6-21-9-11-22(12-10-21)16-8-7-14(13-15(16)20)19-23-17(2,3)18(4,5)24-19/h7-8,13H,6,9-12H2,1-5H3. The van der Waals surface area contributed by atoms with Gasteiger partial charge in [0.15, 0.2) is 0 Å². The maximum Gasteiger partial charge on any atom is 0.494 e. The highest BCUT2D eigenvalue weighted by molar-refractivity contribution is 6.62. The summed E-state index contributed by atoms with van der Waals surface area (Å²) >= 11 is 0. The number of benzene rings is 1. The summed E-state index contributed by atoms with van der Waals surface area (Å²) in [5.74, 6) is -0.202. The molecule has 0 saturated carbocycles. The second-order valence-electron chi connectivity index (χ2n) is 7.72. The Morgan fingerprint density at radius 1 is 1.04 bits per heavy atom. The minimum atomic E-state index is -0.518. The number of halogens is 1. The highest BCUT2D eigenvalue weighted by Gasteiger charge is 2.51. The molecule has 1 aromatic carbocycles. The molecule has 3 rings (SSSR count). The predicted molar refractivity (Wildman–Crippen MR) is 96.4 cm³/mol. The van der Waals surface area contributed by atoms with E-state index in [1.807, 2.05) is 39.8 Å². The van der Waals surface area contributed by atoms with Crippen molar-refractivity contribution in [1.29, 1.82) is 0 Å². The fraction of sp³-hybridized carbons (Fsp3) is 0.667. The van der Waals surface area contributed by atoms with Crippen LogP contribution in [0.25, 0.3) is 0 Å². The second kappa shape index (κ2) is 6.32. The van der Waals surface area contributed by atoms with Crippen LogP contribution in [-0.4, -0.2) is 55.9 Å². The number of hydrogen-bond donors (Lipinski definition) is 0. The van der Waals surface area contributed by atoms with Crippen LogP contribution < -0.4 is 10.4 Å². The van der Waals surface area contributed by atoms with Crippen molar-refractivity contribution in [3.8, 4) is 0 Å². The molecule has 0 unspecified atom stereocenters. The van der Waals surface area contributed by atoms with E-state index < -0.39 is 18.3 Å². The van der Waals surface area contributed by atoms with Crippen LogP contribution in [0.1, 0.15) is 34.6 Å². The van der Waals surface area contributed by atoms with E-state index in [1.165, 1.54) is 0 Å². The van der Waals surface area contributed by atoms with E-state index in [-0.39, 0.29) is 5.82 Å². The van der Waals surface area contributed by atoms with Crippen molar-refractivity contribution in [1.82, 2.24) is 4.90 Å². The lowest BCUT2D eigenvalue weighted by molar-refractivity contribution is 0.00578. The molecule has 6 heteroatoms. The third kappa shape index (κ3) is 3.19. The van der Waals surface area contributed by atoms with Crippen LogP contribution in [0, 0.1) is 5.82 Å². The van der Waals surface area contributed by atoms with Crippen LogP contribution in [0.2, 0.25) is 0 Å². The van der Waals surface area contributed by atoms with E-state index >= 15 is 0 Å². The molecule has 0 bridgehead atoms. The topological polar surface area (TPSA) is 24.9 Å². The number of hydrogen-bond acceptors (Lipinski definition) is 4. The number of likely N-dealkylation sites (N-methyl/N-ethyl adjacent to an activating group) is 1. The van der Waals surface area contributed by atoms with Gasteiger partial charge in [-0.2, -0.15) is 0 Å². The molecule has 0 aliphatic carbocycles. The Hall–Kier alpha value is -1.11. The van der Waals surface area contributed by atoms with Gasteiger partial charge in [0.2, 0.25) is 0 Å². The molecule has 24 heavy (non-hydrogen) atoms. The van der Waals surface area contributed by atoms with Crippen LogP contribution in [0.5, 0.6) is 0 Å². The summed E-state index contributed by atoms with van der Waals surface area (Å²) in [5.41, 5.74) is 0.583. The van der Waals surface area contributed by atoms with Gasteiger partial charge >= 0.3 is 7.12 Å². The normalized spacial score (nSPS) is 23.8. The Labute approximate surface area is 145 Å². The lowest BCUT2D eigenvalue weighted by Gasteiger charge is -2.35. The van der Waals surface area contributed by atoms with E-state index in [0.29, 0.717) is 5.69 Å². The summed E-state index contributed by atoms with van der Waals surface area (Å²) in [6.45, 7) is 14.9. The molecule has 0 atom stereocenters. The molecule has 2 saturated heterocycles. The van der Waals surface area contributed by atoms with Crippen molar-refractivity contribution in [2.24, 2.45) is 0 Å². The van der Waals surface area contributed by atoms with Crippen molar-refractivity contribution in [3.63, 3.8) is 0 Å². The van der Waals surface area contributed by atoms with Crippen molar-refractivity contribution in [3.05, 3.63) is 24.0 Å². The minimum Gasteiger partial charge on any atom is -0.399 e. The average Bonchev–Trinajstić information content (AvgIpc) is 2.75. The molecule has 1 aromatic rings. The molecule has 0 radical (unpaired) electrons. The number of rotatable bonds is 3. The van der Waals surface area contributed by atoms with Crippen LogP contribution in [0.15, 0.2) is 18.2 Å². The van der Waals surface area contributed by atoms with Gasteiger partial charge in [0.1, 0.15) is 5.82 Å². The fourth-order valence-electron chi connectivity index (χ4n) is 3.21. The Morgan fingerprint density at radius 2 is 1.62 bits per heavy atom. The summed E-state index contributed by atoms with van der Waals surface area (Å²) < 4.78 is 26.7. The Balaban J connectivity index is 1.74. The van der Waals surface area contributed by atoms with Gasteiger partial charge in [0.25, 0.3) is 0 Å². The molecule has 2 aliphatic heterocycles. The maximum atomic E-state index is 14.7. The molecule has 2 fully saturated rings. The van der Waals surface area contributed by atoms with Crippen molar-refractivity contribution in [2.75, 3.05) is 37.6 Å². The number of piperazine rings is 1. The summed E-state index contributed by atoms with van der Waals surface area (Å²) in [6.07, 6.45) is 0. The SMILES string of the molecule is CCN1CCN(c2ccc(B3OC(C)(C)C(C)(C)O3)cc2F)CC1. The van der Waals surface area contributed by atoms with Gasteiger partial charge in [0.05, 0.1) is 16.9 Å². The molecule has 0 spiro atoms. The summed E-state index contributed by atoms with van der Waals surface area (Å²) in [4.78, 5) is 4.50. The molecular formula is C18H28BFN2O2. The molecule has 0 N–H and O–H groups in total. The molecule has 0 aromatic heterocycles. The second-order valence-corrected chi connectivity index (χ2v) is 7.72. The summed E-state index contributed by atoms with van der Waals surface area (Å²) in [6, 6.07) is 5.34. The van der Waals surface area contributed by atoms with Gasteiger partial charge in [-0.15, -0.1) is 0 Å². The quantitative estimate of drug-likeness (QED) is 0.792. The van der Waals surface area contributed by atoms with Crippen molar-refractivity contribution >= 4 is 18.3 Å². The van der Waals surface area contributed by atoms with Crippen LogP contribution in [-0.2, 0) is 9.31 Å². The van der Waals surface area contributed by atoms with E-state index in [0.717, 1.165) is 38.2 Å². The number of anilines is 1. The maximum absolute atomic E-state index is 14.7. The Kier molecular flexibility index (Phi) is 4.66. The first-order valence-corrected chi connectivity index (χ1v) is 8.86. The van der Waals surface area contributed by atoms with Gasteiger partial charge in [-0.05, 0) is 51.8 Å². The Bertz CT molecular complexity index is 585. The fourth-order valence-corrected chi connectivity index (χ4v) is 3.21. The van der Waals surface area contributed by atoms with Gasteiger partial charge in [-0.1, -0.05) is 13.0 Å². The first-order chi connectivity index (χ1) is 11.2. The molecule has 2 aliphatic rings. The summed E-state index contributed by atoms with van der Waals surface area (Å²) in [7, 11) is -0.518. The molecule has 132 valence electrons. The van der Waals surface area contributed by atoms with E-state index in [1.54, 1.807) is 6.07 Å². The zero-order valence-corrected chi connectivity index (χ0v) is 15.4. The molecular weight excluding hydrogens is 306 g/mol. The van der Waals surface area contributed by atoms with Crippen LogP contribution in [0.4, 0.5) is 10.1 Å². The zero-order valence-electron chi connectivity index (χ0n) is 15.4. The minimum absolute atomic E-state index is 0.202. The third-order valence-electron chi connectivity index (χ3n) is 5.66. The molecule has 2 heterocycles. The first kappa shape index (κ1) is 17.7.